The van der Waals surface area contributed by atoms with Gasteiger partial charge in [0.2, 0.25) is 10.0 Å². The van der Waals surface area contributed by atoms with Gasteiger partial charge in [-0.1, -0.05) is 0 Å². The number of ketones is 1. The quantitative estimate of drug-likeness (QED) is 0.670. The van der Waals surface area contributed by atoms with E-state index in [-0.39, 0.29) is 11.0 Å². The van der Waals surface area contributed by atoms with Crippen LogP contribution in [0.2, 0.25) is 0 Å². The molecule has 1 saturated carbocycles. The molecule has 1 N–H and O–H groups in total. The fourth-order valence-electron chi connectivity index (χ4n) is 1.39. The SMILES string of the molecule is CNS(=O)(=O)C1CCC(=O)CC1. The molecule has 70 valence electrons. The molecule has 0 radical (unpaired) electrons. The van der Waals surface area contributed by atoms with Crippen molar-refractivity contribution in [2.45, 2.75) is 30.9 Å². The first-order chi connectivity index (χ1) is 5.56. The summed E-state index contributed by atoms with van der Waals surface area (Å²) in [7, 11) is -1.74. The molecule has 5 heteroatoms. The predicted octanol–water partition coefficient (Wildman–Crippen LogP) is 0.0473. The van der Waals surface area contributed by atoms with Crippen molar-refractivity contribution in [3.05, 3.63) is 0 Å². The molecular formula is C7H13NO3S. The molecule has 0 aromatic heterocycles. The van der Waals surface area contributed by atoms with E-state index in [0.29, 0.717) is 25.7 Å². The molecule has 0 bridgehead atoms. The largest absolute Gasteiger partial charge is 0.300 e. The van der Waals surface area contributed by atoms with Gasteiger partial charge < -0.3 is 0 Å². The van der Waals surface area contributed by atoms with Gasteiger partial charge in [0.25, 0.3) is 0 Å². The van der Waals surface area contributed by atoms with Crippen LogP contribution in [0.1, 0.15) is 25.7 Å². The smallest absolute Gasteiger partial charge is 0.214 e. The maximum Gasteiger partial charge on any atom is 0.214 e. The van der Waals surface area contributed by atoms with Gasteiger partial charge in [0.05, 0.1) is 5.25 Å². The Kier molecular flexibility index (Phi) is 2.85. The summed E-state index contributed by atoms with van der Waals surface area (Å²) in [5.74, 6) is 0.178. The van der Waals surface area contributed by atoms with Crippen LogP contribution in [0.25, 0.3) is 0 Å². The number of sulfonamides is 1. The van der Waals surface area contributed by atoms with Gasteiger partial charge in [0, 0.05) is 12.8 Å². The highest BCUT2D eigenvalue weighted by Crippen LogP contribution is 2.20. The summed E-state index contributed by atoms with van der Waals surface area (Å²) < 4.78 is 24.8. The second kappa shape index (κ2) is 3.53. The molecule has 1 aliphatic rings. The zero-order chi connectivity index (χ0) is 9.19. The van der Waals surface area contributed by atoms with Crippen molar-refractivity contribution in [2.24, 2.45) is 0 Å². The van der Waals surface area contributed by atoms with Crippen LogP contribution in [0.15, 0.2) is 0 Å². The Labute approximate surface area is 72.4 Å². The summed E-state index contributed by atoms with van der Waals surface area (Å²) in [5, 5.41) is -0.361. The third-order valence-corrected chi connectivity index (χ3v) is 4.13. The number of carbonyl (C=O) groups is 1. The minimum absolute atomic E-state index is 0.178. The molecule has 0 atom stereocenters. The monoisotopic (exact) mass is 191 g/mol. The van der Waals surface area contributed by atoms with E-state index in [2.05, 4.69) is 4.72 Å². The first kappa shape index (κ1) is 9.67. The number of rotatable bonds is 2. The number of hydrogen-bond acceptors (Lipinski definition) is 3. The van der Waals surface area contributed by atoms with Crippen LogP contribution in [0, 0.1) is 0 Å². The lowest BCUT2D eigenvalue weighted by Gasteiger charge is -2.19. The van der Waals surface area contributed by atoms with Gasteiger partial charge in [0.15, 0.2) is 0 Å². The van der Waals surface area contributed by atoms with Gasteiger partial charge in [-0.25, -0.2) is 13.1 Å². The zero-order valence-corrected chi connectivity index (χ0v) is 7.86. The summed E-state index contributed by atoms with van der Waals surface area (Å²) >= 11 is 0. The van der Waals surface area contributed by atoms with E-state index < -0.39 is 10.0 Å². The van der Waals surface area contributed by atoms with Crippen LogP contribution in [-0.4, -0.2) is 26.5 Å². The predicted molar refractivity (Wildman–Crippen MR) is 45.2 cm³/mol. The molecule has 0 spiro atoms. The lowest BCUT2D eigenvalue weighted by Crippen LogP contribution is -2.34. The first-order valence-electron chi connectivity index (χ1n) is 4.00. The normalized spacial score (nSPS) is 21.2. The Morgan fingerprint density at radius 1 is 1.33 bits per heavy atom. The van der Waals surface area contributed by atoms with Gasteiger partial charge in [-0.15, -0.1) is 0 Å². The molecule has 0 aromatic carbocycles. The van der Waals surface area contributed by atoms with Crippen LogP contribution in [-0.2, 0) is 14.8 Å². The third-order valence-electron chi connectivity index (χ3n) is 2.21. The van der Waals surface area contributed by atoms with Crippen molar-refractivity contribution in [1.29, 1.82) is 0 Å². The van der Waals surface area contributed by atoms with Gasteiger partial charge in [0.1, 0.15) is 5.78 Å². The van der Waals surface area contributed by atoms with Crippen molar-refractivity contribution < 1.29 is 13.2 Å². The average Bonchev–Trinajstić information content (AvgIpc) is 2.05. The van der Waals surface area contributed by atoms with Crippen LogP contribution >= 0.6 is 0 Å². The van der Waals surface area contributed by atoms with Crippen molar-refractivity contribution in [2.75, 3.05) is 7.05 Å². The fraction of sp³-hybridized carbons (Fsp3) is 0.857. The second-order valence-electron chi connectivity index (χ2n) is 2.99. The number of Topliss-reactive ketones (excluding diaryl/α,β-unsaturated/α-hetero) is 1. The summed E-state index contributed by atoms with van der Waals surface area (Å²) in [6.07, 6.45) is 1.77. The maximum atomic E-state index is 11.2. The van der Waals surface area contributed by atoms with E-state index in [9.17, 15) is 13.2 Å². The number of hydrogen-bond donors (Lipinski definition) is 1. The highest BCUT2D eigenvalue weighted by Gasteiger charge is 2.28. The highest BCUT2D eigenvalue weighted by atomic mass is 32.2. The minimum Gasteiger partial charge on any atom is -0.300 e. The van der Waals surface area contributed by atoms with Crippen molar-refractivity contribution >= 4 is 15.8 Å². The molecule has 0 aromatic rings. The van der Waals surface area contributed by atoms with Crippen LogP contribution < -0.4 is 4.72 Å². The standard InChI is InChI=1S/C7H13NO3S/c1-8-12(10,11)7-4-2-6(9)3-5-7/h7-8H,2-5H2,1H3. The molecule has 0 aliphatic heterocycles. The molecule has 1 rings (SSSR count). The Balaban J connectivity index is 2.62. The van der Waals surface area contributed by atoms with E-state index in [1.54, 1.807) is 0 Å². The Hall–Kier alpha value is -0.420. The van der Waals surface area contributed by atoms with Crippen LogP contribution in [0.5, 0.6) is 0 Å². The Bertz CT molecular complexity index is 260. The molecule has 1 fully saturated rings. The Morgan fingerprint density at radius 2 is 1.83 bits per heavy atom. The lowest BCUT2D eigenvalue weighted by molar-refractivity contribution is -0.120. The summed E-state index contributed by atoms with van der Waals surface area (Å²) in [4.78, 5) is 10.8. The molecule has 12 heavy (non-hydrogen) atoms. The van der Waals surface area contributed by atoms with Crippen LogP contribution in [0.3, 0.4) is 0 Å². The molecule has 0 amide bonds. The highest BCUT2D eigenvalue weighted by molar-refractivity contribution is 7.90. The van der Waals surface area contributed by atoms with Crippen molar-refractivity contribution in [3.8, 4) is 0 Å². The Morgan fingerprint density at radius 3 is 2.25 bits per heavy atom. The summed E-state index contributed by atoms with van der Waals surface area (Å²) in [6.45, 7) is 0. The fourth-order valence-corrected chi connectivity index (χ4v) is 2.58. The van der Waals surface area contributed by atoms with E-state index in [4.69, 9.17) is 0 Å². The van der Waals surface area contributed by atoms with Gasteiger partial charge in [-0.2, -0.15) is 0 Å². The number of carbonyl (C=O) groups excluding carboxylic acids is 1. The molecule has 4 nitrogen and oxygen atoms in total. The first-order valence-corrected chi connectivity index (χ1v) is 5.55. The van der Waals surface area contributed by atoms with Crippen molar-refractivity contribution in [1.82, 2.24) is 4.72 Å². The average molecular weight is 191 g/mol. The topological polar surface area (TPSA) is 63.2 Å². The summed E-state index contributed by atoms with van der Waals surface area (Å²) in [5.41, 5.74) is 0. The molecule has 0 unspecified atom stereocenters. The minimum atomic E-state index is -3.15. The number of nitrogens with one attached hydrogen (secondary N) is 1. The van der Waals surface area contributed by atoms with E-state index in [0.717, 1.165) is 0 Å². The van der Waals surface area contributed by atoms with Crippen LogP contribution in [0.4, 0.5) is 0 Å². The third kappa shape index (κ3) is 2.04. The zero-order valence-electron chi connectivity index (χ0n) is 7.04. The van der Waals surface area contributed by atoms with Gasteiger partial charge >= 0.3 is 0 Å². The second-order valence-corrected chi connectivity index (χ2v) is 5.15. The van der Waals surface area contributed by atoms with E-state index in [1.807, 2.05) is 0 Å². The molecule has 0 saturated heterocycles. The maximum absolute atomic E-state index is 11.2. The molecule has 1 aliphatic carbocycles. The van der Waals surface area contributed by atoms with Gasteiger partial charge in [-0.05, 0) is 19.9 Å². The van der Waals surface area contributed by atoms with E-state index >= 15 is 0 Å². The van der Waals surface area contributed by atoms with E-state index in [1.165, 1.54) is 7.05 Å². The molecular weight excluding hydrogens is 178 g/mol. The molecule has 0 heterocycles. The summed E-state index contributed by atoms with van der Waals surface area (Å²) in [6, 6.07) is 0. The van der Waals surface area contributed by atoms with Crippen molar-refractivity contribution in [3.63, 3.8) is 0 Å². The lowest BCUT2D eigenvalue weighted by atomic mass is 9.99. The van der Waals surface area contributed by atoms with Gasteiger partial charge in [-0.3, -0.25) is 4.79 Å².